The fourth-order valence-corrected chi connectivity index (χ4v) is 3.09. The van der Waals surface area contributed by atoms with Gasteiger partial charge in [-0.05, 0) is 23.8 Å². The quantitative estimate of drug-likeness (QED) is 0.827. The summed E-state index contributed by atoms with van der Waals surface area (Å²) in [4.78, 5) is 2.03. The summed E-state index contributed by atoms with van der Waals surface area (Å²) < 4.78 is 37.5. The molecule has 1 aliphatic rings. The molecule has 0 amide bonds. The Labute approximate surface area is 118 Å². The van der Waals surface area contributed by atoms with Crippen molar-refractivity contribution in [1.29, 1.82) is 5.26 Å². The Balaban J connectivity index is 2.03. The first-order valence-corrected chi connectivity index (χ1v) is 8.11. The lowest BCUT2D eigenvalue weighted by Crippen LogP contribution is -2.47. The third-order valence-corrected chi connectivity index (χ3v) is 4.69. The summed E-state index contributed by atoms with van der Waals surface area (Å²) in [6.07, 6.45) is 1.20. The second-order valence-electron chi connectivity index (χ2n) is 4.85. The molecule has 1 saturated heterocycles. The molecule has 1 aromatic carbocycles. The number of nitriles is 1. The molecule has 1 fully saturated rings. The Kier molecular flexibility index (Phi) is 4.38. The fraction of sp³-hybridized carbons (Fsp3) is 0.462. The van der Waals surface area contributed by atoms with Gasteiger partial charge in [-0.3, -0.25) is 4.90 Å². The number of nitrogens with zero attached hydrogens (tertiary/aromatic N) is 3. The molecule has 1 aliphatic heterocycles. The zero-order valence-electron chi connectivity index (χ0n) is 11.2. The van der Waals surface area contributed by atoms with E-state index in [4.69, 9.17) is 5.26 Å². The number of sulfonamides is 1. The minimum Gasteiger partial charge on any atom is -0.296 e. The topological polar surface area (TPSA) is 64.4 Å². The number of hydrogen-bond donors (Lipinski definition) is 0. The van der Waals surface area contributed by atoms with Crippen LogP contribution in [0.3, 0.4) is 0 Å². The van der Waals surface area contributed by atoms with Gasteiger partial charge in [0.05, 0.1) is 17.9 Å². The predicted octanol–water partition coefficient (Wildman–Crippen LogP) is 0.775. The maximum Gasteiger partial charge on any atom is 0.211 e. The van der Waals surface area contributed by atoms with Crippen LogP contribution < -0.4 is 0 Å². The summed E-state index contributed by atoms with van der Waals surface area (Å²) in [5.74, 6) is -0.367. The smallest absolute Gasteiger partial charge is 0.211 e. The van der Waals surface area contributed by atoms with E-state index in [0.717, 1.165) is 0 Å². The Morgan fingerprint density at radius 2 is 1.95 bits per heavy atom. The number of piperazine rings is 1. The molecule has 20 heavy (non-hydrogen) atoms. The molecular formula is C13H16FN3O2S. The molecule has 2 rings (SSSR count). The van der Waals surface area contributed by atoms with Gasteiger partial charge in [-0.25, -0.2) is 12.8 Å². The molecule has 0 aromatic heterocycles. The number of halogens is 1. The molecule has 0 aliphatic carbocycles. The van der Waals surface area contributed by atoms with Gasteiger partial charge in [0.15, 0.2) is 0 Å². The van der Waals surface area contributed by atoms with Gasteiger partial charge in [0, 0.05) is 32.7 Å². The Morgan fingerprint density at radius 3 is 2.50 bits per heavy atom. The van der Waals surface area contributed by atoms with Crippen LogP contribution in [0.15, 0.2) is 18.2 Å². The highest BCUT2D eigenvalue weighted by Gasteiger charge is 2.23. The molecule has 5 nitrogen and oxygen atoms in total. The molecule has 0 N–H and O–H groups in total. The van der Waals surface area contributed by atoms with E-state index in [9.17, 15) is 12.8 Å². The minimum atomic E-state index is -3.15. The summed E-state index contributed by atoms with van der Waals surface area (Å²) in [7, 11) is -3.15. The van der Waals surface area contributed by atoms with E-state index in [0.29, 0.717) is 43.9 Å². The van der Waals surface area contributed by atoms with E-state index >= 15 is 0 Å². The standard InChI is InChI=1S/C13H16FN3O2S/c1-20(18,19)17-6-4-16(5-7-17)10-12-8-13(14)3-2-11(12)9-15/h2-3,8H,4-7,10H2,1H3. The highest BCUT2D eigenvalue weighted by Crippen LogP contribution is 2.15. The van der Waals surface area contributed by atoms with Crippen molar-refractivity contribution in [2.75, 3.05) is 32.4 Å². The van der Waals surface area contributed by atoms with Crippen molar-refractivity contribution >= 4 is 10.0 Å². The SMILES string of the molecule is CS(=O)(=O)N1CCN(Cc2cc(F)ccc2C#N)CC1. The van der Waals surface area contributed by atoms with Crippen LogP contribution in [0.4, 0.5) is 4.39 Å². The molecule has 7 heteroatoms. The Morgan fingerprint density at radius 1 is 1.30 bits per heavy atom. The second-order valence-corrected chi connectivity index (χ2v) is 6.83. The maximum absolute atomic E-state index is 13.2. The summed E-state index contributed by atoms with van der Waals surface area (Å²) in [6.45, 7) is 2.47. The highest BCUT2D eigenvalue weighted by atomic mass is 32.2. The third kappa shape index (κ3) is 3.54. The van der Waals surface area contributed by atoms with E-state index < -0.39 is 10.0 Å². The average molecular weight is 297 g/mol. The third-order valence-electron chi connectivity index (χ3n) is 3.38. The monoisotopic (exact) mass is 297 g/mol. The van der Waals surface area contributed by atoms with E-state index in [1.165, 1.54) is 28.8 Å². The van der Waals surface area contributed by atoms with Gasteiger partial charge in [-0.1, -0.05) is 0 Å². The molecule has 0 radical (unpaired) electrons. The normalized spacial score (nSPS) is 17.9. The lowest BCUT2D eigenvalue weighted by Gasteiger charge is -2.33. The zero-order valence-corrected chi connectivity index (χ0v) is 12.0. The highest BCUT2D eigenvalue weighted by molar-refractivity contribution is 7.88. The summed E-state index contributed by atoms with van der Waals surface area (Å²) in [5, 5.41) is 9.01. The van der Waals surface area contributed by atoms with E-state index in [-0.39, 0.29) is 5.82 Å². The van der Waals surface area contributed by atoms with Crippen LogP contribution in [0.1, 0.15) is 11.1 Å². The van der Waals surface area contributed by atoms with E-state index in [1.54, 1.807) is 0 Å². The molecule has 0 bridgehead atoms. The van der Waals surface area contributed by atoms with Gasteiger partial charge in [-0.2, -0.15) is 9.57 Å². The largest absolute Gasteiger partial charge is 0.296 e. The molecular weight excluding hydrogens is 281 g/mol. The van der Waals surface area contributed by atoms with Crippen molar-refractivity contribution in [2.24, 2.45) is 0 Å². The molecule has 0 spiro atoms. The van der Waals surface area contributed by atoms with Crippen LogP contribution in [0.25, 0.3) is 0 Å². The first-order valence-electron chi connectivity index (χ1n) is 6.26. The van der Waals surface area contributed by atoms with Gasteiger partial charge in [0.1, 0.15) is 5.82 Å². The van der Waals surface area contributed by atoms with Crippen molar-refractivity contribution in [3.05, 3.63) is 35.1 Å². The van der Waals surface area contributed by atoms with Gasteiger partial charge in [0.2, 0.25) is 10.0 Å². The average Bonchev–Trinajstić information content (AvgIpc) is 2.38. The second kappa shape index (κ2) is 5.87. The van der Waals surface area contributed by atoms with Crippen molar-refractivity contribution in [1.82, 2.24) is 9.21 Å². The van der Waals surface area contributed by atoms with Crippen molar-refractivity contribution in [3.63, 3.8) is 0 Å². The molecule has 108 valence electrons. The maximum atomic E-state index is 13.2. The van der Waals surface area contributed by atoms with Crippen molar-refractivity contribution in [2.45, 2.75) is 6.54 Å². The molecule has 0 unspecified atom stereocenters. The van der Waals surface area contributed by atoms with Crippen LogP contribution in [0, 0.1) is 17.1 Å². The van der Waals surface area contributed by atoms with Gasteiger partial charge in [0.25, 0.3) is 0 Å². The summed E-state index contributed by atoms with van der Waals surface area (Å²) in [6, 6.07) is 6.15. The Hall–Kier alpha value is -1.49. The van der Waals surface area contributed by atoms with E-state index in [1.807, 2.05) is 11.0 Å². The molecule has 1 heterocycles. The lowest BCUT2D eigenvalue weighted by atomic mass is 10.1. The number of rotatable bonds is 3. The first kappa shape index (κ1) is 14.9. The van der Waals surface area contributed by atoms with Crippen molar-refractivity contribution in [3.8, 4) is 6.07 Å². The van der Waals surface area contributed by atoms with Gasteiger partial charge in [-0.15, -0.1) is 0 Å². The lowest BCUT2D eigenvalue weighted by molar-refractivity contribution is 0.182. The van der Waals surface area contributed by atoms with Crippen LogP contribution in [0.5, 0.6) is 0 Å². The van der Waals surface area contributed by atoms with Gasteiger partial charge >= 0.3 is 0 Å². The fourth-order valence-electron chi connectivity index (χ4n) is 2.26. The van der Waals surface area contributed by atoms with Crippen LogP contribution >= 0.6 is 0 Å². The number of benzene rings is 1. The summed E-state index contributed by atoms with van der Waals surface area (Å²) >= 11 is 0. The van der Waals surface area contributed by atoms with E-state index in [2.05, 4.69) is 0 Å². The molecule has 0 saturated carbocycles. The van der Waals surface area contributed by atoms with Crippen LogP contribution in [-0.4, -0.2) is 50.1 Å². The minimum absolute atomic E-state index is 0.367. The first-order chi connectivity index (χ1) is 9.40. The van der Waals surface area contributed by atoms with Crippen molar-refractivity contribution < 1.29 is 12.8 Å². The Bertz CT molecular complexity index is 632. The molecule has 0 atom stereocenters. The van der Waals surface area contributed by atoms with Gasteiger partial charge < -0.3 is 0 Å². The molecule has 1 aromatic rings. The summed E-state index contributed by atoms with van der Waals surface area (Å²) in [5.41, 5.74) is 1.09. The number of hydrogen-bond acceptors (Lipinski definition) is 4. The van der Waals surface area contributed by atoms with Crippen LogP contribution in [0.2, 0.25) is 0 Å². The predicted molar refractivity (Wildman–Crippen MR) is 72.8 cm³/mol. The zero-order chi connectivity index (χ0) is 14.8. The van der Waals surface area contributed by atoms with Crippen LogP contribution in [-0.2, 0) is 16.6 Å².